The molecule has 0 bridgehead atoms. The first-order chi connectivity index (χ1) is 5.84. The third-order valence-electron chi connectivity index (χ3n) is 1.47. The normalized spacial score (nSPS) is 9.33. The summed E-state index contributed by atoms with van der Waals surface area (Å²) in [5, 5.41) is 1.07. The van der Waals surface area contributed by atoms with Crippen LogP contribution in [0.15, 0.2) is 49.6 Å². The van der Waals surface area contributed by atoms with Crippen LogP contribution in [0.5, 0.6) is 0 Å². The third-order valence-corrected chi connectivity index (χ3v) is 3.54. The summed E-state index contributed by atoms with van der Waals surface area (Å²) in [4.78, 5) is 0. The van der Waals surface area contributed by atoms with Gasteiger partial charge in [-0.2, -0.15) is 0 Å². The van der Waals surface area contributed by atoms with Crippen LogP contribution < -0.4 is 0 Å². The standard InChI is InChI=1S/C11H12Se/c1-3-9-12-10(2)11-7-5-4-6-8-11/h3-8H,1-2,9H2. The Morgan fingerprint density at radius 1 is 1.33 bits per heavy atom. The van der Waals surface area contributed by atoms with Gasteiger partial charge in [0.15, 0.2) is 0 Å². The van der Waals surface area contributed by atoms with Crippen LogP contribution in [0.2, 0.25) is 5.32 Å². The number of hydrogen-bond acceptors (Lipinski definition) is 0. The molecule has 1 aromatic carbocycles. The first kappa shape index (κ1) is 9.31. The number of benzene rings is 1. The van der Waals surface area contributed by atoms with Crippen molar-refractivity contribution in [2.24, 2.45) is 0 Å². The van der Waals surface area contributed by atoms with Crippen LogP contribution >= 0.6 is 0 Å². The average Bonchev–Trinajstić information content (AvgIpc) is 2.15. The Hall–Kier alpha value is -0.781. The van der Waals surface area contributed by atoms with Crippen molar-refractivity contribution in [2.45, 2.75) is 5.32 Å². The van der Waals surface area contributed by atoms with E-state index in [-0.39, 0.29) is 0 Å². The molecule has 0 N–H and O–H groups in total. The molecule has 12 heavy (non-hydrogen) atoms. The van der Waals surface area contributed by atoms with E-state index in [4.69, 9.17) is 0 Å². The Bertz CT molecular complexity index is 262. The average molecular weight is 223 g/mol. The molecule has 0 aliphatic carbocycles. The quantitative estimate of drug-likeness (QED) is 0.543. The maximum absolute atomic E-state index is 4.04. The molecule has 0 atom stereocenters. The molecule has 0 saturated carbocycles. The predicted octanol–water partition coefficient (Wildman–Crippen LogP) is 2.97. The summed E-state index contributed by atoms with van der Waals surface area (Å²) in [5.74, 6) is 0. The fourth-order valence-electron chi connectivity index (χ4n) is 0.867. The van der Waals surface area contributed by atoms with Crippen molar-refractivity contribution in [1.29, 1.82) is 0 Å². The van der Waals surface area contributed by atoms with Gasteiger partial charge in [-0.25, -0.2) is 0 Å². The van der Waals surface area contributed by atoms with E-state index in [0.29, 0.717) is 15.0 Å². The number of rotatable bonds is 4. The van der Waals surface area contributed by atoms with Crippen LogP contribution in [0.25, 0.3) is 4.47 Å². The molecule has 62 valence electrons. The topological polar surface area (TPSA) is 0 Å². The summed E-state index contributed by atoms with van der Waals surface area (Å²) < 4.78 is 1.25. The second-order valence-corrected chi connectivity index (χ2v) is 4.73. The SMILES string of the molecule is C=CC[Se]C(=C)c1ccccc1. The van der Waals surface area contributed by atoms with E-state index in [0.717, 1.165) is 5.32 Å². The van der Waals surface area contributed by atoms with Crippen LogP contribution in [-0.2, 0) is 0 Å². The molecule has 0 nitrogen and oxygen atoms in total. The fraction of sp³-hybridized carbons (Fsp3) is 0.0909. The van der Waals surface area contributed by atoms with Gasteiger partial charge in [0.05, 0.1) is 0 Å². The van der Waals surface area contributed by atoms with Crippen molar-refractivity contribution < 1.29 is 0 Å². The Morgan fingerprint density at radius 2 is 2.00 bits per heavy atom. The van der Waals surface area contributed by atoms with Crippen molar-refractivity contribution in [1.82, 2.24) is 0 Å². The molecule has 1 rings (SSSR count). The van der Waals surface area contributed by atoms with E-state index < -0.39 is 0 Å². The van der Waals surface area contributed by atoms with Crippen LogP contribution in [-0.4, -0.2) is 15.0 Å². The molecule has 0 radical (unpaired) electrons. The summed E-state index contributed by atoms with van der Waals surface area (Å²) in [6.45, 7) is 7.74. The van der Waals surface area contributed by atoms with Gasteiger partial charge in [0.1, 0.15) is 0 Å². The van der Waals surface area contributed by atoms with Crippen LogP contribution in [0.3, 0.4) is 0 Å². The Labute approximate surface area is 80.2 Å². The molecule has 0 aliphatic heterocycles. The van der Waals surface area contributed by atoms with E-state index in [2.05, 4.69) is 25.3 Å². The predicted molar refractivity (Wildman–Crippen MR) is 56.2 cm³/mol. The molecule has 0 aromatic heterocycles. The molecule has 0 unspecified atom stereocenters. The molecule has 0 fully saturated rings. The number of hydrogen-bond donors (Lipinski definition) is 0. The maximum atomic E-state index is 4.04. The van der Waals surface area contributed by atoms with E-state index in [1.807, 2.05) is 24.3 Å². The van der Waals surface area contributed by atoms with Crippen molar-refractivity contribution in [2.75, 3.05) is 0 Å². The molecule has 0 aliphatic rings. The van der Waals surface area contributed by atoms with Gasteiger partial charge in [-0.3, -0.25) is 0 Å². The molecular formula is C11H12Se. The summed E-state index contributed by atoms with van der Waals surface area (Å²) in [6, 6.07) is 10.3. The van der Waals surface area contributed by atoms with Crippen LogP contribution in [0.1, 0.15) is 5.56 Å². The van der Waals surface area contributed by atoms with Gasteiger partial charge in [-0.05, 0) is 0 Å². The van der Waals surface area contributed by atoms with Crippen molar-refractivity contribution in [3.8, 4) is 0 Å². The third kappa shape index (κ3) is 2.69. The summed E-state index contributed by atoms with van der Waals surface area (Å²) >= 11 is 0.475. The van der Waals surface area contributed by atoms with Gasteiger partial charge < -0.3 is 0 Å². The van der Waals surface area contributed by atoms with Crippen molar-refractivity contribution >= 4 is 19.4 Å². The van der Waals surface area contributed by atoms with Gasteiger partial charge >= 0.3 is 79.9 Å². The van der Waals surface area contributed by atoms with Gasteiger partial charge in [-0.1, -0.05) is 0 Å². The minimum atomic E-state index is 0.475. The first-order valence-electron chi connectivity index (χ1n) is 3.82. The summed E-state index contributed by atoms with van der Waals surface area (Å²) in [6.07, 6.45) is 1.95. The number of allylic oxidation sites excluding steroid dienone is 1. The van der Waals surface area contributed by atoms with E-state index in [1.165, 1.54) is 10.0 Å². The van der Waals surface area contributed by atoms with Gasteiger partial charge in [-0.15, -0.1) is 0 Å². The molecule has 0 saturated heterocycles. The van der Waals surface area contributed by atoms with E-state index in [9.17, 15) is 0 Å². The monoisotopic (exact) mass is 224 g/mol. The Balaban J connectivity index is 2.59. The van der Waals surface area contributed by atoms with E-state index in [1.54, 1.807) is 0 Å². The zero-order chi connectivity index (χ0) is 8.81. The van der Waals surface area contributed by atoms with Crippen molar-refractivity contribution in [3.63, 3.8) is 0 Å². The van der Waals surface area contributed by atoms with Crippen LogP contribution in [0, 0.1) is 0 Å². The van der Waals surface area contributed by atoms with Gasteiger partial charge in [0, 0.05) is 0 Å². The van der Waals surface area contributed by atoms with Crippen LogP contribution in [0.4, 0.5) is 0 Å². The Kier molecular flexibility index (Phi) is 3.86. The fourth-order valence-corrected chi connectivity index (χ4v) is 2.17. The molecule has 0 amide bonds. The molecule has 0 spiro atoms. The van der Waals surface area contributed by atoms with Gasteiger partial charge in [0.2, 0.25) is 0 Å². The summed E-state index contributed by atoms with van der Waals surface area (Å²) in [7, 11) is 0. The molecule has 1 heteroatoms. The van der Waals surface area contributed by atoms with Gasteiger partial charge in [0.25, 0.3) is 0 Å². The Morgan fingerprint density at radius 3 is 2.58 bits per heavy atom. The summed E-state index contributed by atoms with van der Waals surface area (Å²) in [5.41, 5.74) is 1.26. The van der Waals surface area contributed by atoms with E-state index >= 15 is 0 Å². The zero-order valence-corrected chi connectivity index (χ0v) is 8.71. The first-order valence-corrected chi connectivity index (χ1v) is 5.89. The second-order valence-electron chi connectivity index (χ2n) is 2.39. The molecule has 1 aromatic rings. The minimum absolute atomic E-state index is 0.475. The molecular weight excluding hydrogens is 211 g/mol. The molecule has 0 heterocycles. The van der Waals surface area contributed by atoms with Crippen molar-refractivity contribution in [3.05, 3.63) is 55.1 Å². The second kappa shape index (κ2) is 4.97. The zero-order valence-electron chi connectivity index (χ0n) is 6.99.